The van der Waals surface area contributed by atoms with Crippen molar-refractivity contribution in [3.63, 3.8) is 0 Å². The van der Waals surface area contributed by atoms with Gasteiger partial charge in [-0.05, 0) is 78.4 Å². The lowest BCUT2D eigenvalue weighted by Crippen LogP contribution is -2.03. The Morgan fingerprint density at radius 2 is 1.95 bits per heavy atom. The number of methoxy groups -OCH3 is 1. The molecule has 1 aromatic heterocycles. The summed E-state index contributed by atoms with van der Waals surface area (Å²) in [4.78, 5) is 11.5. The van der Waals surface area contributed by atoms with Crippen LogP contribution in [0.4, 0.5) is 0 Å². The molecule has 4 nitrogen and oxygen atoms in total. The summed E-state index contributed by atoms with van der Waals surface area (Å²) in [6.45, 7) is 3.95. The van der Waals surface area contributed by atoms with Crippen molar-refractivity contribution < 1.29 is 9.53 Å². The van der Waals surface area contributed by atoms with Crippen LogP contribution in [0.2, 0.25) is 0 Å². The summed E-state index contributed by atoms with van der Waals surface area (Å²) >= 11 is 2.26. The third-order valence-corrected chi connectivity index (χ3v) is 4.10. The Bertz CT molecular complexity index is 780. The molecule has 0 radical (unpaired) electrons. The molecule has 0 saturated heterocycles. The minimum Gasteiger partial charge on any atom is -0.465 e. The van der Waals surface area contributed by atoms with Crippen LogP contribution in [0.5, 0.6) is 0 Å². The summed E-state index contributed by atoms with van der Waals surface area (Å²) in [5.74, 6) is -0.624. The summed E-state index contributed by atoms with van der Waals surface area (Å²) in [6, 6.07) is 12.0. The largest absolute Gasteiger partial charge is 0.465 e. The smallest absolute Gasteiger partial charge is 0.348 e. The van der Waals surface area contributed by atoms with Crippen LogP contribution >= 0.6 is 22.6 Å². The first kappa shape index (κ1) is 16.3. The maximum Gasteiger partial charge on any atom is 0.348 e. The van der Waals surface area contributed by atoms with Crippen molar-refractivity contribution in [2.75, 3.05) is 7.11 Å². The fraction of sp³-hybridized carbons (Fsp3) is 0.176. The molecule has 22 heavy (non-hydrogen) atoms. The van der Waals surface area contributed by atoms with Crippen molar-refractivity contribution >= 4 is 34.6 Å². The zero-order valence-electron chi connectivity index (χ0n) is 12.6. The number of carbonyl (C=O) groups is 1. The van der Waals surface area contributed by atoms with E-state index in [2.05, 4.69) is 31.9 Å². The van der Waals surface area contributed by atoms with E-state index in [0.717, 1.165) is 22.6 Å². The first-order valence-corrected chi connectivity index (χ1v) is 7.70. The van der Waals surface area contributed by atoms with Gasteiger partial charge in [-0.25, -0.2) is 4.79 Å². The highest BCUT2D eigenvalue weighted by Crippen LogP contribution is 2.23. The average molecular weight is 406 g/mol. The molecular weight excluding hydrogens is 391 g/mol. The molecule has 112 valence electrons. The molecule has 0 saturated carbocycles. The van der Waals surface area contributed by atoms with Gasteiger partial charge >= 0.3 is 5.97 Å². The normalized spacial score (nSPS) is 11.1. The number of nitrogens with zero attached hydrogens (tertiary/aromatic N) is 2. The van der Waals surface area contributed by atoms with E-state index in [0.29, 0.717) is 0 Å². The monoisotopic (exact) mass is 406 g/mol. The summed E-state index contributed by atoms with van der Waals surface area (Å²) in [7, 11) is 1.27. The van der Waals surface area contributed by atoms with Crippen LogP contribution in [0.3, 0.4) is 0 Å². The predicted molar refractivity (Wildman–Crippen MR) is 93.6 cm³/mol. The van der Waals surface area contributed by atoms with Crippen LogP contribution < -0.4 is 0 Å². The second kappa shape index (κ2) is 6.79. The number of rotatable bonds is 3. The minimum absolute atomic E-state index is 0.00893. The Morgan fingerprint density at radius 3 is 2.50 bits per heavy atom. The Hall–Kier alpha value is -2.07. The molecule has 0 amide bonds. The maximum atomic E-state index is 11.5. The predicted octanol–water partition coefficient (Wildman–Crippen LogP) is 3.78. The Labute approximate surface area is 143 Å². The summed E-state index contributed by atoms with van der Waals surface area (Å²) < 4.78 is 7.87. The quantitative estimate of drug-likeness (QED) is 0.338. The molecule has 0 atom stereocenters. The van der Waals surface area contributed by atoms with Gasteiger partial charge in [0.15, 0.2) is 0 Å². The lowest BCUT2D eigenvalue weighted by molar-refractivity contribution is -0.135. The van der Waals surface area contributed by atoms with E-state index in [1.54, 1.807) is 6.08 Å². The fourth-order valence-corrected chi connectivity index (χ4v) is 2.68. The molecule has 0 fully saturated rings. The van der Waals surface area contributed by atoms with E-state index in [-0.39, 0.29) is 5.57 Å². The van der Waals surface area contributed by atoms with Gasteiger partial charge in [0.1, 0.15) is 11.6 Å². The third-order valence-electron chi connectivity index (χ3n) is 3.38. The molecule has 0 N–H and O–H groups in total. The second-order valence-corrected chi connectivity index (χ2v) is 6.05. The Balaban J connectivity index is 2.52. The van der Waals surface area contributed by atoms with E-state index >= 15 is 0 Å². The van der Waals surface area contributed by atoms with Crippen molar-refractivity contribution in [3.05, 3.63) is 56.4 Å². The van der Waals surface area contributed by atoms with Gasteiger partial charge in [-0.3, -0.25) is 0 Å². The molecule has 0 aliphatic carbocycles. The fourth-order valence-electron chi connectivity index (χ4n) is 2.32. The van der Waals surface area contributed by atoms with Crippen LogP contribution in [0.15, 0.2) is 35.9 Å². The van der Waals surface area contributed by atoms with Gasteiger partial charge < -0.3 is 9.30 Å². The highest BCUT2D eigenvalue weighted by molar-refractivity contribution is 14.1. The second-order valence-electron chi connectivity index (χ2n) is 4.80. The number of hydrogen-bond acceptors (Lipinski definition) is 3. The summed E-state index contributed by atoms with van der Waals surface area (Å²) in [5.41, 5.74) is 3.87. The topological polar surface area (TPSA) is 55.0 Å². The number of halogens is 1. The van der Waals surface area contributed by atoms with E-state index in [4.69, 9.17) is 5.26 Å². The summed E-state index contributed by atoms with van der Waals surface area (Å²) in [6.07, 6.45) is 1.57. The van der Waals surface area contributed by atoms with Crippen LogP contribution in [0.25, 0.3) is 11.8 Å². The van der Waals surface area contributed by atoms with Gasteiger partial charge in [0, 0.05) is 20.6 Å². The third kappa shape index (κ3) is 3.22. The lowest BCUT2D eigenvalue weighted by atomic mass is 10.1. The standard InChI is InChI=1S/C17H15IN2O2/c1-11-8-13(9-14(10-19)17(21)22-3)12(2)20(11)16-6-4-15(18)5-7-16/h4-9H,1-3H3/b14-9-. The van der Waals surface area contributed by atoms with Crippen LogP contribution in [-0.4, -0.2) is 17.6 Å². The van der Waals surface area contributed by atoms with E-state index in [9.17, 15) is 4.79 Å². The highest BCUT2D eigenvalue weighted by atomic mass is 127. The maximum absolute atomic E-state index is 11.5. The van der Waals surface area contributed by atoms with Crippen molar-refractivity contribution in [2.45, 2.75) is 13.8 Å². The minimum atomic E-state index is -0.624. The number of aryl methyl sites for hydroxylation is 1. The molecule has 5 heteroatoms. The highest BCUT2D eigenvalue weighted by Gasteiger charge is 2.13. The summed E-state index contributed by atoms with van der Waals surface area (Å²) in [5, 5.41) is 9.08. The first-order chi connectivity index (χ1) is 10.5. The van der Waals surface area contributed by atoms with Crippen molar-refractivity contribution in [2.24, 2.45) is 0 Å². The molecule has 0 unspecified atom stereocenters. The Morgan fingerprint density at radius 1 is 1.32 bits per heavy atom. The van der Waals surface area contributed by atoms with Crippen molar-refractivity contribution in [1.29, 1.82) is 5.26 Å². The zero-order valence-corrected chi connectivity index (χ0v) is 14.7. The number of esters is 1. The molecule has 2 rings (SSSR count). The van der Waals surface area contributed by atoms with Gasteiger partial charge in [-0.1, -0.05) is 0 Å². The van der Waals surface area contributed by atoms with E-state index in [1.807, 2.05) is 50.2 Å². The zero-order chi connectivity index (χ0) is 16.3. The number of aromatic nitrogens is 1. The number of carbonyl (C=O) groups excluding carboxylic acids is 1. The number of ether oxygens (including phenoxy) is 1. The molecular formula is C17H15IN2O2. The van der Waals surface area contributed by atoms with Crippen LogP contribution in [0, 0.1) is 28.7 Å². The Kier molecular flexibility index (Phi) is 5.03. The van der Waals surface area contributed by atoms with E-state index < -0.39 is 5.97 Å². The molecule has 0 bridgehead atoms. The van der Waals surface area contributed by atoms with Crippen LogP contribution in [0.1, 0.15) is 17.0 Å². The lowest BCUT2D eigenvalue weighted by Gasteiger charge is -2.09. The van der Waals surface area contributed by atoms with Gasteiger partial charge in [-0.2, -0.15) is 5.26 Å². The van der Waals surface area contributed by atoms with E-state index in [1.165, 1.54) is 10.7 Å². The van der Waals surface area contributed by atoms with Gasteiger partial charge in [0.25, 0.3) is 0 Å². The average Bonchev–Trinajstić information content (AvgIpc) is 2.79. The first-order valence-electron chi connectivity index (χ1n) is 6.63. The number of benzene rings is 1. The molecule has 1 heterocycles. The molecule has 0 aliphatic rings. The molecule has 1 aromatic carbocycles. The number of hydrogen-bond donors (Lipinski definition) is 0. The van der Waals surface area contributed by atoms with Crippen LogP contribution in [-0.2, 0) is 9.53 Å². The van der Waals surface area contributed by atoms with Gasteiger partial charge in [0.2, 0.25) is 0 Å². The SMILES string of the molecule is COC(=O)/C(C#N)=C\c1cc(C)n(-c2ccc(I)cc2)c1C. The van der Waals surface area contributed by atoms with Gasteiger partial charge in [-0.15, -0.1) is 0 Å². The molecule has 0 aliphatic heterocycles. The van der Waals surface area contributed by atoms with Crippen molar-refractivity contribution in [1.82, 2.24) is 4.57 Å². The molecule has 2 aromatic rings. The van der Waals surface area contributed by atoms with Crippen molar-refractivity contribution in [3.8, 4) is 11.8 Å². The number of nitriles is 1. The molecule has 0 spiro atoms. The van der Waals surface area contributed by atoms with Gasteiger partial charge in [0.05, 0.1) is 7.11 Å².